The van der Waals surface area contributed by atoms with E-state index in [0.29, 0.717) is 11.6 Å². The minimum absolute atomic E-state index is 0.414. The van der Waals surface area contributed by atoms with E-state index in [4.69, 9.17) is 5.10 Å². The maximum Gasteiger partial charge on any atom is 0.0764 e. The lowest BCUT2D eigenvalue weighted by Gasteiger charge is -2.41. The van der Waals surface area contributed by atoms with E-state index < -0.39 is 0 Å². The molecule has 1 atom stereocenters. The molecule has 0 radical (unpaired) electrons. The summed E-state index contributed by atoms with van der Waals surface area (Å²) in [5, 5.41) is 8.52. The van der Waals surface area contributed by atoms with Crippen molar-refractivity contribution in [3.8, 4) is 0 Å². The zero-order chi connectivity index (χ0) is 14.0. The molecule has 4 nitrogen and oxygen atoms in total. The molecule has 0 bridgehead atoms. The van der Waals surface area contributed by atoms with Crippen LogP contribution in [0.5, 0.6) is 0 Å². The third-order valence-corrected chi connectivity index (χ3v) is 5.11. The van der Waals surface area contributed by atoms with Crippen LogP contribution in [0, 0.1) is 0 Å². The molecular formula is C16H28N4. The fourth-order valence-electron chi connectivity index (χ4n) is 3.69. The van der Waals surface area contributed by atoms with E-state index in [1.807, 2.05) is 0 Å². The van der Waals surface area contributed by atoms with Crippen molar-refractivity contribution in [1.29, 1.82) is 0 Å². The standard InChI is InChI=1S/C16H28N4/c1-3-14(2)20-10-6-15(18-20)12-19-11-9-17-16(13-19)7-4-5-8-16/h6,10,14,17H,3-5,7-9,11-13H2,1-2H3. The lowest BCUT2D eigenvalue weighted by Crippen LogP contribution is -2.58. The first-order valence-corrected chi connectivity index (χ1v) is 8.22. The molecule has 2 fully saturated rings. The number of hydrogen-bond donors (Lipinski definition) is 1. The fraction of sp³-hybridized carbons (Fsp3) is 0.812. The van der Waals surface area contributed by atoms with Gasteiger partial charge < -0.3 is 5.32 Å². The molecule has 1 aromatic heterocycles. The Balaban J connectivity index is 1.61. The van der Waals surface area contributed by atoms with Crippen LogP contribution in [0.1, 0.15) is 57.7 Å². The van der Waals surface area contributed by atoms with Crippen LogP contribution >= 0.6 is 0 Å². The van der Waals surface area contributed by atoms with Crippen molar-refractivity contribution >= 4 is 0 Å². The Morgan fingerprint density at radius 1 is 1.40 bits per heavy atom. The molecule has 1 N–H and O–H groups in total. The smallest absolute Gasteiger partial charge is 0.0764 e. The summed E-state index contributed by atoms with van der Waals surface area (Å²) in [7, 11) is 0. The number of nitrogens with one attached hydrogen (secondary N) is 1. The quantitative estimate of drug-likeness (QED) is 0.917. The van der Waals surface area contributed by atoms with Crippen LogP contribution in [0.3, 0.4) is 0 Å². The largest absolute Gasteiger partial charge is 0.309 e. The molecule has 1 saturated carbocycles. The van der Waals surface area contributed by atoms with E-state index in [9.17, 15) is 0 Å². The third-order valence-electron chi connectivity index (χ3n) is 5.11. The van der Waals surface area contributed by atoms with Crippen LogP contribution in [-0.2, 0) is 6.54 Å². The van der Waals surface area contributed by atoms with Gasteiger partial charge in [-0.15, -0.1) is 0 Å². The molecule has 1 spiro atoms. The highest BCUT2D eigenvalue weighted by Gasteiger charge is 2.37. The Hall–Kier alpha value is -0.870. The van der Waals surface area contributed by atoms with E-state index in [-0.39, 0.29) is 0 Å². The molecule has 1 aliphatic heterocycles. The predicted octanol–water partition coefficient (Wildman–Crippen LogP) is 2.57. The number of rotatable bonds is 4. The molecule has 112 valence electrons. The molecule has 1 aromatic rings. The minimum atomic E-state index is 0.414. The number of hydrogen-bond acceptors (Lipinski definition) is 3. The Bertz CT molecular complexity index is 433. The summed E-state index contributed by atoms with van der Waals surface area (Å²) >= 11 is 0. The van der Waals surface area contributed by atoms with Crippen LogP contribution < -0.4 is 5.32 Å². The second kappa shape index (κ2) is 5.86. The van der Waals surface area contributed by atoms with Crippen molar-refractivity contribution in [1.82, 2.24) is 20.0 Å². The number of piperazine rings is 1. The summed E-state index contributed by atoms with van der Waals surface area (Å²) in [5.74, 6) is 0. The maximum atomic E-state index is 4.74. The normalized spacial score (nSPS) is 24.3. The Kier molecular flexibility index (Phi) is 4.13. The van der Waals surface area contributed by atoms with Crippen molar-refractivity contribution in [2.75, 3.05) is 19.6 Å². The first-order chi connectivity index (χ1) is 9.71. The van der Waals surface area contributed by atoms with E-state index >= 15 is 0 Å². The molecule has 20 heavy (non-hydrogen) atoms. The first kappa shape index (κ1) is 14.1. The second-order valence-corrected chi connectivity index (χ2v) is 6.67. The third kappa shape index (κ3) is 2.91. The number of nitrogens with zero attached hydrogens (tertiary/aromatic N) is 3. The molecule has 0 amide bonds. The van der Waals surface area contributed by atoms with Gasteiger partial charge in [-0.2, -0.15) is 5.10 Å². The van der Waals surface area contributed by atoms with Crippen LogP contribution in [0.4, 0.5) is 0 Å². The van der Waals surface area contributed by atoms with Crippen LogP contribution in [-0.4, -0.2) is 39.9 Å². The highest BCUT2D eigenvalue weighted by atomic mass is 15.3. The number of aromatic nitrogens is 2. The lowest BCUT2D eigenvalue weighted by molar-refractivity contribution is 0.127. The molecule has 1 unspecified atom stereocenters. The molecule has 2 heterocycles. The van der Waals surface area contributed by atoms with Gasteiger partial charge >= 0.3 is 0 Å². The average Bonchev–Trinajstić information content (AvgIpc) is 3.08. The summed E-state index contributed by atoms with van der Waals surface area (Å²) in [6, 6.07) is 2.70. The van der Waals surface area contributed by atoms with Gasteiger partial charge in [0.2, 0.25) is 0 Å². The van der Waals surface area contributed by atoms with Crippen LogP contribution in [0.15, 0.2) is 12.3 Å². The lowest BCUT2D eigenvalue weighted by atomic mass is 9.94. The van der Waals surface area contributed by atoms with E-state index in [1.54, 1.807) is 0 Å². The summed E-state index contributed by atoms with van der Waals surface area (Å²) in [6.45, 7) is 8.93. The molecule has 2 aliphatic rings. The molecule has 1 saturated heterocycles. The molecule has 4 heteroatoms. The van der Waals surface area contributed by atoms with Crippen molar-refractivity contribution in [2.24, 2.45) is 0 Å². The van der Waals surface area contributed by atoms with Gasteiger partial charge in [0.25, 0.3) is 0 Å². The van der Waals surface area contributed by atoms with Crippen LogP contribution in [0.25, 0.3) is 0 Å². The van der Waals surface area contributed by atoms with Crippen LogP contribution in [0.2, 0.25) is 0 Å². The monoisotopic (exact) mass is 276 g/mol. The molecule has 0 aromatic carbocycles. The summed E-state index contributed by atoms with van der Waals surface area (Å²) in [4.78, 5) is 2.59. The van der Waals surface area contributed by atoms with Gasteiger partial charge in [-0.1, -0.05) is 19.8 Å². The Morgan fingerprint density at radius 3 is 2.95 bits per heavy atom. The second-order valence-electron chi connectivity index (χ2n) is 6.67. The predicted molar refractivity (Wildman–Crippen MR) is 81.7 cm³/mol. The maximum absolute atomic E-state index is 4.74. The van der Waals surface area contributed by atoms with Gasteiger partial charge in [0, 0.05) is 44.0 Å². The average molecular weight is 276 g/mol. The molecule has 1 aliphatic carbocycles. The van der Waals surface area contributed by atoms with Crippen molar-refractivity contribution in [3.05, 3.63) is 18.0 Å². The minimum Gasteiger partial charge on any atom is -0.309 e. The first-order valence-electron chi connectivity index (χ1n) is 8.22. The van der Waals surface area contributed by atoms with Gasteiger partial charge in [0.05, 0.1) is 5.69 Å². The fourth-order valence-corrected chi connectivity index (χ4v) is 3.69. The Morgan fingerprint density at radius 2 is 2.20 bits per heavy atom. The zero-order valence-corrected chi connectivity index (χ0v) is 12.9. The van der Waals surface area contributed by atoms with Gasteiger partial charge in [-0.25, -0.2) is 0 Å². The van der Waals surface area contributed by atoms with Gasteiger partial charge in [0.1, 0.15) is 0 Å². The topological polar surface area (TPSA) is 33.1 Å². The van der Waals surface area contributed by atoms with Crippen molar-refractivity contribution in [3.63, 3.8) is 0 Å². The van der Waals surface area contributed by atoms with E-state index in [1.165, 1.54) is 37.9 Å². The van der Waals surface area contributed by atoms with Crippen molar-refractivity contribution < 1.29 is 0 Å². The summed E-state index contributed by atoms with van der Waals surface area (Å²) in [5.41, 5.74) is 1.64. The molecular weight excluding hydrogens is 248 g/mol. The highest BCUT2D eigenvalue weighted by Crippen LogP contribution is 2.32. The van der Waals surface area contributed by atoms with Crippen molar-refractivity contribution in [2.45, 2.75) is 64.1 Å². The van der Waals surface area contributed by atoms with Gasteiger partial charge in [-0.3, -0.25) is 9.58 Å². The van der Waals surface area contributed by atoms with Gasteiger partial charge in [0.15, 0.2) is 0 Å². The zero-order valence-electron chi connectivity index (χ0n) is 12.9. The highest BCUT2D eigenvalue weighted by molar-refractivity contribution is 5.03. The summed E-state index contributed by atoms with van der Waals surface area (Å²) < 4.78 is 2.11. The SMILES string of the molecule is CCC(C)n1ccc(CN2CCNC3(CCCC3)C2)n1. The molecule has 3 rings (SSSR count). The summed E-state index contributed by atoms with van der Waals surface area (Å²) in [6.07, 6.45) is 8.76. The Labute approximate surface area is 122 Å². The van der Waals surface area contributed by atoms with Gasteiger partial charge in [-0.05, 0) is 32.3 Å². The van der Waals surface area contributed by atoms with E-state index in [0.717, 1.165) is 26.1 Å². The van der Waals surface area contributed by atoms with E-state index in [2.05, 4.69) is 41.0 Å².